The zero-order valence-corrected chi connectivity index (χ0v) is 13.0. The SMILES string of the molecule is CC(C)CCCNCC(O)COC1CCC(C)CC1. The van der Waals surface area contributed by atoms with Crippen molar-refractivity contribution >= 4 is 0 Å². The molecule has 3 nitrogen and oxygen atoms in total. The van der Waals surface area contributed by atoms with Crippen LogP contribution in [0.15, 0.2) is 0 Å². The predicted molar refractivity (Wildman–Crippen MR) is 80.3 cm³/mol. The molecule has 0 aromatic rings. The van der Waals surface area contributed by atoms with Crippen LogP contribution in [-0.2, 0) is 4.74 Å². The average molecular weight is 271 g/mol. The number of nitrogens with one attached hydrogen (secondary N) is 1. The van der Waals surface area contributed by atoms with Gasteiger partial charge in [0.1, 0.15) is 0 Å². The van der Waals surface area contributed by atoms with Crippen LogP contribution in [0.3, 0.4) is 0 Å². The summed E-state index contributed by atoms with van der Waals surface area (Å²) < 4.78 is 5.80. The highest BCUT2D eigenvalue weighted by Crippen LogP contribution is 2.25. The Balaban J connectivity index is 1.94. The topological polar surface area (TPSA) is 41.5 Å². The van der Waals surface area contributed by atoms with Gasteiger partial charge in [-0.25, -0.2) is 0 Å². The Kier molecular flexibility index (Phi) is 8.67. The Morgan fingerprint density at radius 3 is 2.53 bits per heavy atom. The number of aliphatic hydroxyl groups excluding tert-OH is 1. The van der Waals surface area contributed by atoms with Crippen LogP contribution >= 0.6 is 0 Å². The van der Waals surface area contributed by atoms with Crippen LogP contribution in [0.1, 0.15) is 59.3 Å². The molecule has 0 saturated heterocycles. The molecule has 0 amide bonds. The second kappa shape index (κ2) is 9.73. The molecule has 19 heavy (non-hydrogen) atoms. The molecule has 0 heterocycles. The number of ether oxygens (including phenoxy) is 1. The Morgan fingerprint density at radius 2 is 1.89 bits per heavy atom. The lowest BCUT2D eigenvalue weighted by atomic mass is 9.89. The molecule has 1 fully saturated rings. The highest BCUT2D eigenvalue weighted by molar-refractivity contribution is 4.71. The van der Waals surface area contributed by atoms with E-state index in [9.17, 15) is 5.11 Å². The monoisotopic (exact) mass is 271 g/mol. The summed E-state index contributed by atoms with van der Waals surface area (Å²) in [7, 11) is 0. The maximum atomic E-state index is 9.85. The second-order valence-corrected chi connectivity index (χ2v) is 6.61. The fourth-order valence-corrected chi connectivity index (χ4v) is 2.61. The van der Waals surface area contributed by atoms with Gasteiger partial charge in [0.25, 0.3) is 0 Å². The lowest BCUT2D eigenvalue weighted by Gasteiger charge is -2.27. The Bertz CT molecular complexity index is 213. The van der Waals surface area contributed by atoms with Gasteiger partial charge in [0, 0.05) is 6.54 Å². The van der Waals surface area contributed by atoms with E-state index in [4.69, 9.17) is 4.74 Å². The summed E-state index contributed by atoms with van der Waals surface area (Å²) in [6.07, 6.45) is 7.32. The molecule has 0 aromatic carbocycles. The molecule has 1 atom stereocenters. The van der Waals surface area contributed by atoms with E-state index < -0.39 is 0 Å². The van der Waals surface area contributed by atoms with Crippen molar-refractivity contribution in [3.63, 3.8) is 0 Å². The van der Waals surface area contributed by atoms with Crippen molar-refractivity contribution in [3.8, 4) is 0 Å². The fraction of sp³-hybridized carbons (Fsp3) is 1.00. The normalized spacial score (nSPS) is 25.7. The third-order valence-electron chi connectivity index (χ3n) is 4.00. The highest BCUT2D eigenvalue weighted by Gasteiger charge is 2.19. The first-order valence-corrected chi connectivity index (χ1v) is 8.08. The minimum Gasteiger partial charge on any atom is -0.389 e. The quantitative estimate of drug-likeness (QED) is 0.634. The van der Waals surface area contributed by atoms with Crippen LogP contribution in [0.25, 0.3) is 0 Å². The molecular formula is C16H33NO2. The summed E-state index contributed by atoms with van der Waals surface area (Å²) in [5.41, 5.74) is 0. The molecule has 1 saturated carbocycles. The van der Waals surface area contributed by atoms with Crippen LogP contribution in [0.5, 0.6) is 0 Å². The largest absolute Gasteiger partial charge is 0.389 e. The standard InChI is InChI=1S/C16H33NO2/c1-13(2)5-4-10-17-11-15(18)12-19-16-8-6-14(3)7-9-16/h13-18H,4-12H2,1-3H3. The summed E-state index contributed by atoms with van der Waals surface area (Å²) in [6, 6.07) is 0. The highest BCUT2D eigenvalue weighted by atomic mass is 16.5. The summed E-state index contributed by atoms with van der Waals surface area (Å²) in [5, 5.41) is 13.2. The number of rotatable bonds is 9. The molecule has 0 aliphatic heterocycles. The van der Waals surface area contributed by atoms with Crippen LogP contribution in [0.2, 0.25) is 0 Å². The Hall–Kier alpha value is -0.120. The summed E-state index contributed by atoms with van der Waals surface area (Å²) >= 11 is 0. The van der Waals surface area contributed by atoms with Crippen molar-refractivity contribution in [1.29, 1.82) is 0 Å². The number of hydrogen-bond acceptors (Lipinski definition) is 3. The van der Waals surface area contributed by atoms with E-state index in [1.165, 1.54) is 25.7 Å². The molecule has 0 spiro atoms. The first-order chi connectivity index (χ1) is 9.08. The maximum absolute atomic E-state index is 9.85. The Morgan fingerprint density at radius 1 is 1.21 bits per heavy atom. The van der Waals surface area contributed by atoms with Gasteiger partial charge in [-0.2, -0.15) is 0 Å². The zero-order chi connectivity index (χ0) is 14.1. The third-order valence-corrected chi connectivity index (χ3v) is 4.00. The minimum atomic E-state index is -0.363. The van der Waals surface area contributed by atoms with Crippen LogP contribution in [0.4, 0.5) is 0 Å². The van der Waals surface area contributed by atoms with Gasteiger partial charge in [-0.1, -0.05) is 20.8 Å². The van der Waals surface area contributed by atoms with E-state index in [2.05, 4.69) is 26.1 Å². The molecule has 1 rings (SSSR count). The molecule has 2 N–H and O–H groups in total. The summed E-state index contributed by atoms with van der Waals surface area (Å²) in [6.45, 7) is 8.93. The van der Waals surface area contributed by atoms with Crippen LogP contribution in [-0.4, -0.2) is 37.0 Å². The van der Waals surface area contributed by atoms with Gasteiger partial charge in [-0.05, 0) is 56.9 Å². The smallest absolute Gasteiger partial charge is 0.0897 e. The van der Waals surface area contributed by atoms with Crippen molar-refractivity contribution < 1.29 is 9.84 Å². The van der Waals surface area contributed by atoms with E-state index in [-0.39, 0.29) is 6.10 Å². The van der Waals surface area contributed by atoms with Crippen LogP contribution in [0, 0.1) is 11.8 Å². The molecule has 1 unspecified atom stereocenters. The molecule has 1 aliphatic rings. The number of aliphatic hydroxyl groups is 1. The summed E-state index contributed by atoms with van der Waals surface area (Å²) in [4.78, 5) is 0. The van der Waals surface area contributed by atoms with Gasteiger partial charge in [0.15, 0.2) is 0 Å². The predicted octanol–water partition coefficient (Wildman–Crippen LogP) is 2.97. The van der Waals surface area contributed by atoms with E-state index in [1.807, 2.05) is 0 Å². The van der Waals surface area contributed by atoms with Crippen molar-refractivity contribution in [1.82, 2.24) is 5.32 Å². The van der Waals surface area contributed by atoms with Gasteiger partial charge in [-0.3, -0.25) is 0 Å². The molecular weight excluding hydrogens is 238 g/mol. The fourth-order valence-electron chi connectivity index (χ4n) is 2.61. The maximum Gasteiger partial charge on any atom is 0.0897 e. The van der Waals surface area contributed by atoms with Crippen molar-refractivity contribution in [2.75, 3.05) is 19.7 Å². The van der Waals surface area contributed by atoms with Gasteiger partial charge in [-0.15, -0.1) is 0 Å². The van der Waals surface area contributed by atoms with Crippen LogP contribution < -0.4 is 5.32 Å². The lowest BCUT2D eigenvalue weighted by Crippen LogP contribution is -2.33. The zero-order valence-electron chi connectivity index (χ0n) is 13.0. The molecule has 0 radical (unpaired) electrons. The van der Waals surface area contributed by atoms with E-state index >= 15 is 0 Å². The second-order valence-electron chi connectivity index (χ2n) is 6.61. The van der Waals surface area contributed by atoms with Gasteiger partial charge < -0.3 is 15.2 Å². The molecule has 114 valence electrons. The molecule has 3 heteroatoms. The average Bonchev–Trinajstić information content (AvgIpc) is 2.37. The Labute approximate surface area is 119 Å². The molecule has 0 aromatic heterocycles. The third kappa shape index (κ3) is 8.61. The van der Waals surface area contributed by atoms with Crippen molar-refractivity contribution in [2.24, 2.45) is 11.8 Å². The van der Waals surface area contributed by atoms with E-state index in [0.29, 0.717) is 19.3 Å². The van der Waals surface area contributed by atoms with Gasteiger partial charge >= 0.3 is 0 Å². The van der Waals surface area contributed by atoms with E-state index in [0.717, 1.165) is 31.2 Å². The summed E-state index contributed by atoms with van der Waals surface area (Å²) in [5.74, 6) is 1.62. The molecule has 1 aliphatic carbocycles. The van der Waals surface area contributed by atoms with Gasteiger partial charge in [0.2, 0.25) is 0 Å². The first kappa shape index (κ1) is 16.9. The van der Waals surface area contributed by atoms with Crippen molar-refractivity contribution in [2.45, 2.75) is 71.5 Å². The first-order valence-electron chi connectivity index (χ1n) is 8.08. The molecule has 0 bridgehead atoms. The lowest BCUT2D eigenvalue weighted by molar-refractivity contribution is -0.0277. The number of hydrogen-bond donors (Lipinski definition) is 2. The minimum absolute atomic E-state index is 0.363. The van der Waals surface area contributed by atoms with Gasteiger partial charge in [0.05, 0.1) is 18.8 Å². The van der Waals surface area contributed by atoms with E-state index in [1.54, 1.807) is 0 Å². The van der Waals surface area contributed by atoms with Crippen molar-refractivity contribution in [3.05, 3.63) is 0 Å².